The first-order chi connectivity index (χ1) is 7.26. The second kappa shape index (κ2) is 13.0. The molecule has 6 heteroatoms. The van der Waals surface area contributed by atoms with Crippen molar-refractivity contribution in [2.75, 3.05) is 13.1 Å². The van der Waals surface area contributed by atoms with Crippen LogP contribution in [0, 0.1) is 6.92 Å². The van der Waals surface area contributed by atoms with E-state index in [-0.39, 0.29) is 41.9 Å². The summed E-state index contributed by atoms with van der Waals surface area (Å²) in [5, 5.41) is 0. The van der Waals surface area contributed by atoms with Gasteiger partial charge in [0.05, 0.1) is 11.4 Å². The maximum Gasteiger partial charge on any atom is 2.00 e. The van der Waals surface area contributed by atoms with Gasteiger partial charge in [0, 0.05) is 25.5 Å². The zero-order chi connectivity index (χ0) is 11.1. The molecule has 0 fully saturated rings. The Bertz CT molecular complexity index is 349. The fraction of sp³-hybridized carbons (Fsp3) is 0.417. The summed E-state index contributed by atoms with van der Waals surface area (Å²) < 4.78 is 0. The van der Waals surface area contributed by atoms with Gasteiger partial charge in [-0.15, -0.1) is 0 Å². The summed E-state index contributed by atoms with van der Waals surface area (Å²) in [5.74, 6) is 0. The number of halogens is 2. The zero-order valence-electron chi connectivity index (χ0n) is 10.7. The van der Waals surface area contributed by atoms with Crippen molar-refractivity contribution in [2.24, 2.45) is 9.98 Å². The molecule has 0 saturated carbocycles. The van der Waals surface area contributed by atoms with Crippen LogP contribution in [0.3, 0.4) is 0 Å². The molecule has 1 aromatic rings. The van der Waals surface area contributed by atoms with Crippen molar-refractivity contribution < 1.29 is 41.9 Å². The molecule has 0 aromatic carbocycles. The van der Waals surface area contributed by atoms with E-state index in [0.717, 1.165) is 24.5 Å². The summed E-state index contributed by atoms with van der Waals surface area (Å²) >= 11 is 0. The topological polar surface area (TPSA) is 37.6 Å². The number of aryl methyl sites for hydroxylation is 1. The summed E-state index contributed by atoms with van der Waals surface area (Å²) in [5.41, 5.74) is 2.98. The molecule has 18 heavy (non-hydrogen) atoms. The molecule has 0 saturated heterocycles. The maximum atomic E-state index is 4.41. The van der Waals surface area contributed by atoms with Gasteiger partial charge in [-0.25, -0.2) is 4.98 Å². The van der Waals surface area contributed by atoms with E-state index < -0.39 is 0 Å². The minimum Gasteiger partial charge on any atom is -1.00 e. The smallest absolute Gasteiger partial charge is 1.00 e. The standard InChI is InChI=1S/C12H17N3.2ClH.Fe/c1-4-13-8-11-6-10(3)7-12(15-11)9-14-5-2;;;/h6-9H,4-5H2,1-3H3;2*1H;/q;;;+2/p-2. The van der Waals surface area contributed by atoms with Gasteiger partial charge < -0.3 is 24.8 Å². The molecule has 0 N–H and O–H groups in total. The molecule has 0 aliphatic heterocycles. The second-order valence-electron chi connectivity index (χ2n) is 3.25. The Labute approximate surface area is 132 Å². The molecule has 0 atom stereocenters. The van der Waals surface area contributed by atoms with Crippen LogP contribution in [0.2, 0.25) is 0 Å². The fourth-order valence-electron chi connectivity index (χ4n) is 1.22. The van der Waals surface area contributed by atoms with Crippen LogP contribution in [0.25, 0.3) is 0 Å². The summed E-state index contributed by atoms with van der Waals surface area (Å²) in [7, 11) is 0. The molecule has 0 aliphatic rings. The Kier molecular flexibility index (Phi) is 16.5. The van der Waals surface area contributed by atoms with Crippen molar-refractivity contribution in [1.82, 2.24) is 4.98 Å². The van der Waals surface area contributed by atoms with Crippen LogP contribution in [0.4, 0.5) is 0 Å². The van der Waals surface area contributed by atoms with E-state index in [2.05, 4.69) is 15.0 Å². The minimum absolute atomic E-state index is 0. The van der Waals surface area contributed by atoms with Crippen molar-refractivity contribution >= 4 is 12.4 Å². The summed E-state index contributed by atoms with van der Waals surface area (Å²) in [6, 6.07) is 4.03. The average Bonchev–Trinajstić information content (AvgIpc) is 2.23. The van der Waals surface area contributed by atoms with E-state index in [1.807, 2.05) is 32.9 Å². The molecule has 3 nitrogen and oxygen atoms in total. The van der Waals surface area contributed by atoms with Gasteiger partial charge in [0.25, 0.3) is 0 Å². The molecule has 0 unspecified atom stereocenters. The summed E-state index contributed by atoms with van der Waals surface area (Å²) in [6.45, 7) is 7.63. The van der Waals surface area contributed by atoms with Crippen molar-refractivity contribution in [1.29, 1.82) is 0 Å². The number of nitrogens with zero attached hydrogens (tertiary/aromatic N) is 3. The quantitative estimate of drug-likeness (QED) is 0.413. The van der Waals surface area contributed by atoms with Crippen LogP contribution >= 0.6 is 0 Å². The van der Waals surface area contributed by atoms with Gasteiger partial charge in [-0.05, 0) is 38.5 Å². The molecule has 1 aromatic heterocycles. The Balaban J connectivity index is -0.000000750. The molecule has 0 amide bonds. The predicted octanol–water partition coefficient (Wildman–Crippen LogP) is -3.73. The maximum absolute atomic E-state index is 4.41. The fourth-order valence-corrected chi connectivity index (χ4v) is 1.22. The van der Waals surface area contributed by atoms with E-state index in [4.69, 9.17) is 0 Å². The number of aromatic nitrogens is 1. The molecular weight excluding hydrogens is 313 g/mol. The number of rotatable bonds is 4. The van der Waals surface area contributed by atoms with Crippen molar-refractivity contribution in [3.63, 3.8) is 0 Å². The van der Waals surface area contributed by atoms with Gasteiger partial charge in [0.1, 0.15) is 0 Å². The van der Waals surface area contributed by atoms with E-state index in [0.29, 0.717) is 0 Å². The van der Waals surface area contributed by atoms with Gasteiger partial charge in [-0.2, -0.15) is 0 Å². The Morgan fingerprint density at radius 1 is 1.00 bits per heavy atom. The first kappa shape index (κ1) is 22.7. The number of aliphatic imine (C=N–C) groups is 2. The number of hydrogen-bond donors (Lipinski definition) is 0. The Morgan fingerprint density at radius 3 is 1.72 bits per heavy atom. The Hall–Kier alpha value is -0.411. The van der Waals surface area contributed by atoms with Crippen molar-refractivity contribution in [2.45, 2.75) is 20.8 Å². The van der Waals surface area contributed by atoms with Crippen molar-refractivity contribution in [3.05, 3.63) is 29.1 Å². The van der Waals surface area contributed by atoms with Crippen LogP contribution in [0.5, 0.6) is 0 Å². The van der Waals surface area contributed by atoms with Crippen molar-refractivity contribution in [3.8, 4) is 0 Å². The normalized spacial score (nSPS) is 9.72. The first-order valence-electron chi connectivity index (χ1n) is 5.24. The van der Waals surface area contributed by atoms with E-state index in [1.54, 1.807) is 12.4 Å². The van der Waals surface area contributed by atoms with Crippen LogP contribution in [-0.4, -0.2) is 30.5 Å². The van der Waals surface area contributed by atoms with Crippen LogP contribution < -0.4 is 24.8 Å². The molecule has 0 radical (unpaired) electrons. The third-order valence-electron chi connectivity index (χ3n) is 1.82. The minimum atomic E-state index is 0. The van der Waals surface area contributed by atoms with Gasteiger partial charge in [-0.1, -0.05) is 0 Å². The van der Waals surface area contributed by atoms with E-state index >= 15 is 0 Å². The molecule has 0 spiro atoms. The second-order valence-corrected chi connectivity index (χ2v) is 3.25. The molecule has 0 aliphatic carbocycles. The average molecular weight is 330 g/mol. The van der Waals surface area contributed by atoms with E-state index in [9.17, 15) is 0 Å². The third kappa shape index (κ3) is 8.65. The zero-order valence-corrected chi connectivity index (χ0v) is 13.3. The number of pyridine rings is 1. The SMILES string of the molecule is CCN=Cc1cc(C)cc(C=NCC)n1.[Cl-].[Cl-].[Fe+2]. The Morgan fingerprint density at radius 2 is 1.39 bits per heavy atom. The van der Waals surface area contributed by atoms with Crippen LogP contribution in [0.1, 0.15) is 30.8 Å². The van der Waals surface area contributed by atoms with E-state index in [1.165, 1.54) is 5.56 Å². The first-order valence-corrected chi connectivity index (χ1v) is 5.24. The summed E-state index contributed by atoms with van der Waals surface area (Å²) in [4.78, 5) is 12.8. The largest absolute Gasteiger partial charge is 2.00 e. The van der Waals surface area contributed by atoms with Crippen LogP contribution in [0.15, 0.2) is 22.1 Å². The molecule has 102 valence electrons. The van der Waals surface area contributed by atoms with Gasteiger partial charge in [0.15, 0.2) is 0 Å². The number of hydrogen-bond acceptors (Lipinski definition) is 3. The monoisotopic (exact) mass is 329 g/mol. The molecule has 1 rings (SSSR count). The van der Waals surface area contributed by atoms with Gasteiger partial charge in [-0.3, -0.25) is 9.98 Å². The third-order valence-corrected chi connectivity index (χ3v) is 1.82. The van der Waals surface area contributed by atoms with Crippen LogP contribution in [-0.2, 0) is 17.1 Å². The molecule has 1 heterocycles. The predicted molar refractivity (Wildman–Crippen MR) is 65.2 cm³/mol. The molecule has 0 bridgehead atoms. The van der Waals surface area contributed by atoms with Gasteiger partial charge in [0.2, 0.25) is 0 Å². The summed E-state index contributed by atoms with van der Waals surface area (Å²) in [6.07, 6.45) is 3.60. The molecular formula is C12H17Cl2FeN3. The van der Waals surface area contributed by atoms with Gasteiger partial charge >= 0.3 is 17.1 Å².